The number of nitrogens with one attached hydrogen (secondary N) is 1. The second-order valence-corrected chi connectivity index (χ2v) is 5.92. The Morgan fingerprint density at radius 1 is 1.35 bits per heavy atom. The van der Waals surface area contributed by atoms with Crippen LogP contribution in [0.3, 0.4) is 0 Å². The summed E-state index contributed by atoms with van der Waals surface area (Å²) in [7, 11) is 0. The van der Waals surface area contributed by atoms with Gasteiger partial charge >= 0.3 is 0 Å². The lowest BCUT2D eigenvalue weighted by Gasteiger charge is -2.20. The molecule has 1 saturated carbocycles. The van der Waals surface area contributed by atoms with Crippen molar-refractivity contribution in [2.24, 2.45) is 11.7 Å². The third-order valence-electron chi connectivity index (χ3n) is 3.71. The summed E-state index contributed by atoms with van der Waals surface area (Å²) in [5.41, 5.74) is 6.88. The predicted octanol–water partition coefficient (Wildman–Crippen LogP) is 3.72. The average Bonchev–Trinajstić information content (AvgIpc) is 2.79. The first-order valence-electron chi connectivity index (χ1n) is 6.50. The molecule has 2 rings (SSSR count). The van der Waals surface area contributed by atoms with Crippen molar-refractivity contribution in [3.05, 3.63) is 33.8 Å². The van der Waals surface area contributed by atoms with E-state index in [9.17, 15) is 4.79 Å². The van der Waals surface area contributed by atoms with E-state index in [1.807, 2.05) is 13.0 Å². The summed E-state index contributed by atoms with van der Waals surface area (Å²) in [4.78, 5) is 12.1. The molecule has 112 valence electrons. The summed E-state index contributed by atoms with van der Waals surface area (Å²) in [6.07, 6.45) is 2.83. The number of carbonyl (C=O) groups excluding carboxylic acids is 1. The van der Waals surface area contributed by atoms with Gasteiger partial charge < -0.3 is 11.1 Å². The molecule has 1 aromatic rings. The minimum absolute atomic E-state index is 0. The smallest absolute Gasteiger partial charge is 0.225 e. The summed E-state index contributed by atoms with van der Waals surface area (Å²) < 4.78 is 0. The fourth-order valence-electron chi connectivity index (χ4n) is 2.50. The Kier molecular flexibility index (Phi) is 6.59. The molecule has 0 radical (unpaired) electrons. The highest BCUT2D eigenvalue weighted by molar-refractivity contribution is 6.42. The van der Waals surface area contributed by atoms with Crippen molar-refractivity contribution in [2.45, 2.75) is 38.3 Å². The molecule has 0 saturated heterocycles. The summed E-state index contributed by atoms with van der Waals surface area (Å²) >= 11 is 11.9. The monoisotopic (exact) mass is 336 g/mol. The van der Waals surface area contributed by atoms with Crippen molar-refractivity contribution in [3.8, 4) is 0 Å². The molecule has 1 aromatic carbocycles. The van der Waals surface area contributed by atoms with Crippen molar-refractivity contribution < 1.29 is 4.79 Å². The molecule has 0 spiro atoms. The Labute approximate surface area is 135 Å². The van der Waals surface area contributed by atoms with Crippen LogP contribution in [0, 0.1) is 5.92 Å². The topological polar surface area (TPSA) is 55.1 Å². The second-order valence-electron chi connectivity index (χ2n) is 5.11. The zero-order chi connectivity index (χ0) is 14.0. The minimum Gasteiger partial charge on any atom is -0.349 e. The van der Waals surface area contributed by atoms with Crippen LogP contribution in [-0.2, 0) is 4.79 Å². The summed E-state index contributed by atoms with van der Waals surface area (Å²) in [5.74, 6) is -0.0335. The van der Waals surface area contributed by atoms with Crippen molar-refractivity contribution in [2.75, 3.05) is 0 Å². The summed E-state index contributed by atoms with van der Waals surface area (Å²) in [5, 5.41) is 4.01. The zero-order valence-corrected chi connectivity index (χ0v) is 13.6. The number of halogens is 3. The first-order valence-corrected chi connectivity index (χ1v) is 7.25. The molecule has 20 heavy (non-hydrogen) atoms. The maximum Gasteiger partial charge on any atom is 0.225 e. The Bertz CT molecular complexity index is 481. The van der Waals surface area contributed by atoms with E-state index < -0.39 is 0 Å². The number of nitrogens with two attached hydrogens (primary N) is 1. The van der Waals surface area contributed by atoms with Crippen LogP contribution in [0.4, 0.5) is 0 Å². The highest BCUT2D eigenvalue weighted by Gasteiger charge is 2.30. The number of carbonyl (C=O) groups is 1. The van der Waals surface area contributed by atoms with E-state index >= 15 is 0 Å². The normalized spacial score (nSPS) is 23.0. The van der Waals surface area contributed by atoms with Crippen molar-refractivity contribution in [1.82, 2.24) is 5.32 Å². The van der Waals surface area contributed by atoms with E-state index in [2.05, 4.69) is 5.32 Å². The van der Waals surface area contributed by atoms with Crippen molar-refractivity contribution in [3.63, 3.8) is 0 Å². The van der Waals surface area contributed by atoms with Crippen LogP contribution in [0.5, 0.6) is 0 Å². The van der Waals surface area contributed by atoms with Gasteiger partial charge in [0.15, 0.2) is 0 Å². The maximum absolute atomic E-state index is 12.1. The van der Waals surface area contributed by atoms with E-state index in [4.69, 9.17) is 28.9 Å². The largest absolute Gasteiger partial charge is 0.349 e. The fourth-order valence-corrected chi connectivity index (χ4v) is 2.81. The van der Waals surface area contributed by atoms with Crippen LogP contribution >= 0.6 is 35.6 Å². The number of hydrogen-bond acceptors (Lipinski definition) is 2. The number of hydrogen-bond donors (Lipinski definition) is 2. The maximum atomic E-state index is 12.1. The fraction of sp³-hybridized carbons (Fsp3) is 0.500. The molecule has 0 heterocycles. The van der Waals surface area contributed by atoms with Crippen LogP contribution in [0.1, 0.15) is 37.8 Å². The third kappa shape index (κ3) is 4.01. The second kappa shape index (κ2) is 7.51. The molecule has 1 aliphatic carbocycles. The van der Waals surface area contributed by atoms with Gasteiger partial charge in [0.2, 0.25) is 5.91 Å². The Balaban J connectivity index is 0.00000200. The van der Waals surface area contributed by atoms with Gasteiger partial charge in [-0.05, 0) is 37.5 Å². The predicted molar refractivity (Wildman–Crippen MR) is 85.6 cm³/mol. The van der Waals surface area contributed by atoms with E-state index in [0.29, 0.717) is 10.0 Å². The molecule has 3 unspecified atom stereocenters. The van der Waals surface area contributed by atoms with Gasteiger partial charge in [0.1, 0.15) is 0 Å². The number of rotatable bonds is 3. The van der Waals surface area contributed by atoms with Gasteiger partial charge in [0, 0.05) is 6.04 Å². The minimum atomic E-state index is -0.102. The van der Waals surface area contributed by atoms with Gasteiger partial charge in [-0.15, -0.1) is 12.4 Å². The van der Waals surface area contributed by atoms with Gasteiger partial charge in [-0.3, -0.25) is 4.79 Å². The number of benzene rings is 1. The van der Waals surface area contributed by atoms with E-state index in [1.54, 1.807) is 12.1 Å². The quantitative estimate of drug-likeness (QED) is 0.883. The van der Waals surface area contributed by atoms with Crippen LogP contribution in [-0.4, -0.2) is 11.9 Å². The Hall–Kier alpha value is -0.480. The van der Waals surface area contributed by atoms with Gasteiger partial charge in [-0.25, -0.2) is 0 Å². The first-order chi connectivity index (χ1) is 8.99. The van der Waals surface area contributed by atoms with Crippen LogP contribution in [0.15, 0.2) is 18.2 Å². The SMILES string of the molecule is CC(NC(=O)C1CCCC1N)c1ccc(Cl)c(Cl)c1.Cl. The van der Waals surface area contributed by atoms with Gasteiger partial charge in [-0.2, -0.15) is 0 Å². The lowest BCUT2D eigenvalue weighted by Crippen LogP contribution is -2.39. The molecule has 1 amide bonds. The van der Waals surface area contributed by atoms with Crippen LogP contribution in [0.2, 0.25) is 10.0 Å². The average molecular weight is 338 g/mol. The molecular weight excluding hydrogens is 319 g/mol. The highest BCUT2D eigenvalue weighted by Crippen LogP contribution is 2.27. The molecule has 3 N–H and O–H groups in total. The summed E-state index contributed by atoms with van der Waals surface area (Å²) in [6, 6.07) is 5.27. The zero-order valence-electron chi connectivity index (χ0n) is 11.2. The van der Waals surface area contributed by atoms with Crippen LogP contribution in [0.25, 0.3) is 0 Å². The highest BCUT2D eigenvalue weighted by atomic mass is 35.5. The molecule has 1 aliphatic rings. The third-order valence-corrected chi connectivity index (χ3v) is 4.45. The van der Waals surface area contributed by atoms with E-state index in [1.165, 1.54) is 0 Å². The molecule has 0 aromatic heterocycles. The molecule has 1 fully saturated rings. The first kappa shape index (κ1) is 17.6. The van der Waals surface area contributed by atoms with Crippen molar-refractivity contribution >= 4 is 41.5 Å². The van der Waals surface area contributed by atoms with Gasteiger partial charge in [0.05, 0.1) is 22.0 Å². The molecule has 0 bridgehead atoms. The molecule has 3 nitrogen and oxygen atoms in total. The number of amides is 1. The van der Waals surface area contributed by atoms with Crippen molar-refractivity contribution in [1.29, 1.82) is 0 Å². The Morgan fingerprint density at radius 3 is 2.60 bits per heavy atom. The van der Waals surface area contributed by atoms with Crippen LogP contribution < -0.4 is 11.1 Å². The Morgan fingerprint density at radius 2 is 2.05 bits per heavy atom. The van der Waals surface area contributed by atoms with Gasteiger partial charge in [0.25, 0.3) is 0 Å². The van der Waals surface area contributed by atoms with E-state index in [0.717, 1.165) is 24.8 Å². The molecular formula is C14H19Cl3N2O. The summed E-state index contributed by atoms with van der Waals surface area (Å²) in [6.45, 7) is 1.93. The standard InChI is InChI=1S/C14H18Cl2N2O.ClH/c1-8(9-5-6-11(15)12(16)7-9)18-14(19)10-3-2-4-13(10)17;/h5-8,10,13H,2-4,17H2,1H3,(H,18,19);1H. The lowest BCUT2D eigenvalue weighted by molar-refractivity contribution is -0.125. The molecule has 6 heteroatoms. The molecule has 3 atom stereocenters. The molecule has 0 aliphatic heterocycles. The lowest BCUT2D eigenvalue weighted by atomic mass is 10.0. The van der Waals surface area contributed by atoms with E-state index in [-0.39, 0.29) is 36.3 Å². The van der Waals surface area contributed by atoms with Gasteiger partial charge in [-0.1, -0.05) is 35.7 Å².